The van der Waals surface area contributed by atoms with Crippen LogP contribution in [-0.2, 0) is 0 Å². The maximum absolute atomic E-state index is 7.17. The quantitative estimate of drug-likeness (QED) is 0.131. The molecule has 0 aliphatic heterocycles. The summed E-state index contributed by atoms with van der Waals surface area (Å²) < 4.78 is 0. The number of halogens is 1. The molecule has 0 heterocycles. The van der Waals surface area contributed by atoms with Gasteiger partial charge in [0.2, 0.25) is 0 Å². The van der Waals surface area contributed by atoms with Gasteiger partial charge in [0.05, 0.1) is 0 Å². The molecule has 24 N–H and O–H groups in total. The molecule has 0 aliphatic rings. The average Bonchev–Trinajstić information content (AvgIpc) is 1.76. The summed E-state index contributed by atoms with van der Waals surface area (Å²) in [6, 6.07) is 0. The van der Waals surface area contributed by atoms with Gasteiger partial charge in [0.25, 0.3) is 0 Å². The Bertz CT molecular complexity index is 70.0. The first kappa shape index (κ1) is 83.2. The minimum atomic E-state index is -2.17. The predicted octanol–water partition coefficient (Wildman–Crippen LogP) is -13.4. The number of hydrogen-bond donors (Lipinski definition) is 12. The first-order chi connectivity index (χ1) is 6.93. The van der Waals surface area contributed by atoms with Crippen LogP contribution in [-0.4, -0.2) is 191 Å². The molecule has 0 rings (SSSR count). The fourth-order valence-electron chi connectivity index (χ4n) is 0. The molecule has 0 aromatic carbocycles. The maximum atomic E-state index is 7.17. The van der Waals surface area contributed by atoms with E-state index in [0.29, 0.717) is 0 Å². The summed E-state index contributed by atoms with van der Waals surface area (Å²) in [4.78, 5) is 0. The molecular formula is H26B4ClCsO18. The molecular weight excluding hydrogens is 500 g/mol. The van der Waals surface area contributed by atoms with Crippen LogP contribution in [0.25, 0.3) is 0 Å². The standard InChI is InChI=1S/4BH3O3.ClH.Cs.6H2O.H/c4*2-1(3)4;;;;;;;;;/h4*2-4H;1H;;6*1H2;. The topological polar surface area (TPSA) is 432 Å². The van der Waals surface area contributed by atoms with Crippen LogP contribution in [0.1, 0.15) is 0 Å². The van der Waals surface area contributed by atoms with Crippen molar-refractivity contribution in [3.8, 4) is 0 Å². The minimum absolute atomic E-state index is 0. The van der Waals surface area contributed by atoms with Crippen molar-refractivity contribution in [2.75, 3.05) is 0 Å². The van der Waals surface area contributed by atoms with Crippen LogP contribution in [0.15, 0.2) is 0 Å². The van der Waals surface area contributed by atoms with E-state index < -0.39 is 29.3 Å². The SMILES string of the molecule is Cl.O.O.O.O.O.O.OB(O)O.OB(O)O.OB(O)O.OB(O)O.[CsH]. The van der Waals surface area contributed by atoms with Crippen LogP contribution in [0.3, 0.4) is 0 Å². The molecule has 0 unspecified atom stereocenters. The predicted molar refractivity (Wildman–Crippen MR) is 85.7 cm³/mol. The zero-order valence-electron chi connectivity index (χ0n) is 11.1. The van der Waals surface area contributed by atoms with Crippen LogP contribution < -0.4 is 0 Å². The molecule has 0 spiro atoms. The summed E-state index contributed by atoms with van der Waals surface area (Å²) in [5.41, 5.74) is 0. The Kier molecular flexibility index (Phi) is 255. The molecule has 0 radical (unpaired) electrons. The van der Waals surface area contributed by atoms with Gasteiger partial charge in [-0.15, -0.1) is 12.4 Å². The molecule has 24 heavy (non-hydrogen) atoms. The van der Waals surface area contributed by atoms with Gasteiger partial charge in [-0.1, -0.05) is 0 Å². The zero-order valence-corrected chi connectivity index (χ0v) is 11.9. The second kappa shape index (κ2) is 73.6. The molecule has 0 atom stereocenters. The summed E-state index contributed by atoms with van der Waals surface area (Å²) in [6.45, 7) is 0. The first-order valence-electron chi connectivity index (χ1n) is 3.10. The average molecular weight is 526 g/mol. The summed E-state index contributed by atoms with van der Waals surface area (Å²) in [7, 11) is -8.67. The Balaban J connectivity index is -0.00000000720. The fourth-order valence-corrected chi connectivity index (χ4v) is 0. The third-order valence-corrected chi connectivity index (χ3v) is 0. The van der Waals surface area contributed by atoms with Gasteiger partial charge in [-0.3, -0.25) is 0 Å². The second-order valence-corrected chi connectivity index (χ2v) is 1.39. The van der Waals surface area contributed by atoms with Crippen molar-refractivity contribution in [1.29, 1.82) is 0 Å². The molecule has 0 aromatic rings. The van der Waals surface area contributed by atoms with Crippen LogP contribution >= 0.6 is 12.4 Å². The van der Waals surface area contributed by atoms with E-state index in [1.54, 1.807) is 0 Å². The third kappa shape index (κ3) is 3530. The molecule has 0 saturated heterocycles. The van der Waals surface area contributed by atoms with E-state index in [2.05, 4.69) is 0 Å². The van der Waals surface area contributed by atoms with E-state index in [-0.39, 0.29) is 114 Å². The zero-order chi connectivity index (χ0) is 14.3. The van der Waals surface area contributed by atoms with Crippen molar-refractivity contribution in [2.45, 2.75) is 0 Å². The summed E-state index contributed by atoms with van der Waals surface area (Å²) >= 11 is 0. The Morgan fingerprint density at radius 1 is 0.292 bits per heavy atom. The molecule has 0 saturated carbocycles. The first-order valence-corrected chi connectivity index (χ1v) is 3.10. The van der Waals surface area contributed by atoms with Gasteiger partial charge < -0.3 is 93.1 Å². The molecule has 154 valence electrons. The molecule has 18 nitrogen and oxygen atoms in total. The second-order valence-electron chi connectivity index (χ2n) is 1.39. The van der Waals surface area contributed by atoms with Crippen LogP contribution in [0, 0.1) is 0 Å². The van der Waals surface area contributed by atoms with Crippen molar-refractivity contribution in [1.82, 2.24) is 0 Å². The van der Waals surface area contributed by atoms with Crippen molar-refractivity contribution < 1.29 is 93.1 Å². The molecule has 0 amide bonds. The molecule has 0 fully saturated rings. The van der Waals surface area contributed by atoms with Gasteiger partial charge in [0, 0.05) is 0 Å². The summed E-state index contributed by atoms with van der Waals surface area (Å²) in [5, 5.41) is 86.0. The number of hydrogen-bond acceptors (Lipinski definition) is 12. The van der Waals surface area contributed by atoms with Crippen molar-refractivity contribution in [3.63, 3.8) is 0 Å². The van der Waals surface area contributed by atoms with Gasteiger partial charge in [-0.2, -0.15) is 0 Å². The van der Waals surface area contributed by atoms with E-state index in [0.717, 1.165) is 0 Å². The molecule has 0 aliphatic carbocycles. The summed E-state index contributed by atoms with van der Waals surface area (Å²) in [6.07, 6.45) is 0. The van der Waals surface area contributed by atoms with E-state index in [1.807, 2.05) is 0 Å². The van der Waals surface area contributed by atoms with Crippen LogP contribution in [0.2, 0.25) is 0 Å². The van der Waals surface area contributed by atoms with Gasteiger partial charge in [0.1, 0.15) is 0 Å². The van der Waals surface area contributed by atoms with Crippen molar-refractivity contribution in [2.24, 2.45) is 0 Å². The van der Waals surface area contributed by atoms with Crippen molar-refractivity contribution in [3.05, 3.63) is 0 Å². The van der Waals surface area contributed by atoms with Crippen molar-refractivity contribution >= 4 is 111 Å². The van der Waals surface area contributed by atoms with E-state index in [1.165, 1.54) is 0 Å². The third-order valence-electron chi connectivity index (χ3n) is 0. The van der Waals surface area contributed by atoms with Gasteiger partial charge in [-0.25, -0.2) is 0 Å². The summed E-state index contributed by atoms with van der Waals surface area (Å²) in [5.74, 6) is 0. The number of rotatable bonds is 0. The Morgan fingerprint density at radius 2 is 0.292 bits per heavy atom. The normalized spacial score (nSPS) is 4.50. The van der Waals surface area contributed by atoms with Gasteiger partial charge in [-0.05, 0) is 0 Å². The van der Waals surface area contributed by atoms with Crippen LogP contribution in [0.5, 0.6) is 0 Å². The van der Waals surface area contributed by atoms with Crippen LogP contribution in [0.4, 0.5) is 0 Å². The van der Waals surface area contributed by atoms with Gasteiger partial charge >= 0.3 is 98.2 Å². The molecule has 0 bridgehead atoms. The fraction of sp³-hybridized carbons (Fsp3) is 0. The monoisotopic (exact) mass is 526 g/mol. The van der Waals surface area contributed by atoms with Gasteiger partial charge in [0.15, 0.2) is 0 Å². The Morgan fingerprint density at radius 3 is 0.292 bits per heavy atom. The molecule has 24 heteroatoms. The van der Waals surface area contributed by atoms with E-state index >= 15 is 0 Å². The van der Waals surface area contributed by atoms with E-state index in [9.17, 15) is 0 Å². The Labute approximate surface area is 201 Å². The van der Waals surface area contributed by atoms with E-state index in [4.69, 9.17) is 60.3 Å². The Hall–Kier alpha value is 1.88. The molecule has 0 aromatic heterocycles.